The van der Waals surface area contributed by atoms with E-state index in [2.05, 4.69) is 19.2 Å². The molecule has 4 atom stereocenters. The average molecular weight is 295 g/mol. The van der Waals surface area contributed by atoms with Crippen LogP contribution in [0.2, 0.25) is 0 Å². The zero-order valence-corrected chi connectivity index (χ0v) is 13.3. The summed E-state index contributed by atoms with van der Waals surface area (Å²) < 4.78 is 24.3. The van der Waals surface area contributed by atoms with E-state index in [1.165, 1.54) is 12.1 Å². The number of ether oxygens (including phenoxy) is 2. The minimum Gasteiger partial charge on any atom is -0.377 e. The third-order valence-corrected chi connectivity index (χ3v) is 4.19. The van der Waals surface area contributed by atoms with E-state index in [1.54, 1.807) is 7.11 Å². The van der Waals surface area contributed by atoms with Gasteiger partial charge in [0.1, 0.15) is 5.82 Å². The first-order valence-electron chi connectivity index (χ1n) is 7.72. The normalized spacial score (nSPS) is 26.7. The summed E-state index contributed by atoms with van der Waals surface area (Å²) in [5.74, 6) is 0.218. The molecule has 0 amide bonds. The first-order valence-corrected chi connectivity index (χ1v) is 7.72. The molecule has 3 nitrogen and oxygen atoms in total. The number of halogens is 1. The number of nitrogens with one attached hydrogen (secondary N) is 1. The van der Waals surface area contributed by atoms with Gasteiger partial charge < -0.3 is 14.8 Å². The van der Waals surface area contributed by atoms with E-state index in [9.17, 15) is 4.39 Å². The second kappa shape index (κ2) is 7.34. The van der Waals surface area contributed by atoms with Crippen molar-refractivity contribution >= 4 is 0 Å². The molecule has 0 spiro atoms. The molecule has 0 bridgehead atoms. The van der Waals surface area contributed by atoms with E-state index in [4.69, 9.17) is 9.47 Å². The van der Waals surface area contributed by atoms with Gasteiger partial charge in [-0.25, -0.2) is 4.39 Å². The smallest absolute Gasteiger partial charge is 0.123 e. The van der Waals surface area contributed by atoms with Crippen LogP contribution in [-0.4, -0.2) is 32.0 Å². The largest absolute Gasteiger partial charge is 0.377 e. The standard InChI is InChI=1S/C17H26FNO2/c1-5-21-15-10-14(17(15)20-4)19-16(11(2)3)12-6-8-13(18)9-7-12/h6-9,11,14-17,19H,5,10H2,1-4H3. The molecule has 118 valence electrons. The van der Waals surface area contributed by atoms with Gasteiger partial charge >= 0.3 is 0 Å². The quantitative estimate of drug-likeness (QED) is 0.837. The molecular formula is C17H26FNO2. The summed E-state index contributed by atoms with van der Waals surface area (Å²) in [4.78, 5) is 0. The molecule has 1 aliphatic rings. The topological polar surface area (TPSA) is 30.5 Å². The zero-order chi connectivity index (χ0) is 15.4. The lowest BCUT2D eigenvalue weighted by molar-refractivity contribution is -0.134. The van der Waals surface area contributed by atoms with Gasteiger partial charge in [0.2, 0.25) is 0 Å². The van der Waals surface area contributed by atoms with Gasteiger partial charge in [0.25, 0.3) is 0 Å². The Balaban J connectivity index is 2.02. The van der Waals surface area contributed by atoms with Crippen molar-refractivity contribution in [1.82, 2.24) is 5.32 Å². The van der Waals surface area contributed by atoms with Crippen LogP contribution < -0.4 is 5.32 Å². The van der Waals surface area contributed by atoms with Crippen LogP contribution in [0.1, 0.15) is 38.8 Å². The van der Waals surface area contributed by atoms with E-state index >= 15 is 0 Å². The van der Waals surface area contributed by atoms with Gasteiger partial charge in [-0.05, 0) is 37.0 Å². The van der Waals surface area contributed by atoms with E-state index in [0.29, 0.717) is 12.5 Å². The third-order valence-electron chi connectivity index (χ3n) is 4.19. The Bertz CT molecular complexity index is 435. The maximum atomic E-state index is 13.1. The minimum atomic E-state index is -0.198. The van der Waals surface area contributed by atoms with Gasteiger partial charge in [0.05, 0.1) is 12.2 Å². The van der Waals surface area contributed by atoms with E-state index in [-0.39, 0.29) is 30.1 Å². The highest BCUT2D eigenvalue weighted by Gasteiger charge is 2.43. The molecule has 0 saturated heterocycles. The third kappa shape index (κ3) is 3.82. The molecule has 0 radical (unpaired) electrons. The van der Waals surface area contributed by atoms with E-state index < -0.39 is 0 Å². The maximum absolute atomic E-state index is 13.1. The summed E-state index contributed by atoms with van der Waals surface area (Å²) in [6.45, 7) is 7.05. The molecule has 1 aromatic rings. The summed E-state index contributed by atoms with van der Waals surface area (Å²) in [5, 5.41) is 3.65. The monoisotopic (exact) mass is 295 g/mol. The van der Waals surface area contributed by atoms with Crippen molar-refractivity contribution in [2.75, 3.05) is 13.7 Å². The molecule has 1 N–H and O–H groups in total. The second-order valence-electron chi connectivity index (χ2n) is 5.98. The fourth-order valence-corrected chi connectivity index (χ4v) is 3.01. The van der Waals surface area contributed by atoms with Crippen LogP contribution in [0.4, 0.5) is 4.39 Å². The molecular weight excluding hydrogens is 269 g/mol. The summed E-state index contributed by atoms with van der Waals surface area (Å²) in [6, 6.07) is 7.22. The van der Waals surface area contributed by atoms with Gasteiger partial charge in [-0.1, -0.05) is 26.0 Å². The first kappa shape index (κ1) is 16.4. The van der Waals surface area contributed by atoms with Gasteiger partial charge in [0.15, 0.2) is 0 Å². The minimum absolute atomic E-state index is 0.0895. The Morgan fingerprint density at radius 3 is 2.48 bits per heavy atom. The van der Waals surface area contributed by atoms with Gasteiger partial charge in [0, 0.05) is 25.8 Å². The van der Waals surface area contributed by atoms with Crippen molar-refractivity contribution < 1.29 is 13.9 Å². The lowest BCUT2D eigenvalue weighted by Crippen LogP contribution is -2.60. The van der Waals surface area contributed by atoms with Crippen molar-refractivity contribution in [3.05, 3.63) is 35.6 Å². The SMILES string of the molecule is CCOC1CC(NC(c2ccc(F)cc2)C(C)C)C1OC. The Morgan fingerprint density at radius 1 is 1.29 bits per heavy atom. The van der Waals surface area contributed by atoms with Crippen LogP contribution in [0.15, 0.2) is 24.3 Å². The fraction of sp³-hybridized carbons (Fsp3) is 0.647. The number of hydrogen-bond donors (Lipinski definition) is 1. The molecule has 4 unspecified atom stereocenters. The molecule has 4 heteroatoms. The van der Waals surface area contributed by atoms with Crippen LogP contribution in [0.5, 0.6) is 0 Å². The molecule has 21 heavy (non-hydrogen) atoms. The average Bonchev–Trinajstić information content (AvgIpc) is 2.43. The molecule has 1 aromatic carbocycles. The van der Waals surface area contributed by atoms with Crippen LogP contribution in [0, 0.1) is 11.7 Å². The number of methoxy groups -OCH3 is 1. The summed E-state index contributed by atoms with van der Waals surface area (Å²) in [7, 11) is 1.73. The lowest BCUT2D eigenvalue weighted by Gasteiger charge is -2.45. The Morgan fingerprint density at radius 2 is 1.95 bits per heavy atom. The first-order chi connectivity index (χ1) is 10.1. The van der Waals surface area contributed by atoms with Gasteiger partial charge in [-0.15, -0.1) is 0 Å². The molecule has 2 rings (SSSR count). The Hall–Kier alpha value is -0.970. The predicted octanol–water partition coefficient (Wildman–Crippen LogP) is 3.30. The molecule has 1 saturated carbocycles. The highest BCUT2D eigenvalue weighted by atomic mass is 19.1. The number of rotatable bonds is 7. The van der Waals surface area contributed by atoms with Crippen LogP contribution in [-0.2, 0) is 9.47 Å². The maximum Gasteiger partial charge on any atom is 0.123 e. The molecule has 1 fully saturated rings. The van der Waals surface area contributed by atoms with Crippen molar-refractivity contribution in [2.45, 2.75) is 51.5 Å². The summed E-state index contributed by atoms with van der Waals surface area (Å²) in [6.07, 6.45) is 1.22. The lowest BCUT2D eigenvalue weighted by atomic mass is 9.83. The highest BCUT2D eigenvalue weighted by Crippen LogP contribution is 2.31. The number of benzene rings is 1. The van der Waals surface area contributed by atoms with E-state index in [1.807, 2.05) is 19.1 Å². The Labute approximate surface area is 126 Å². The molecule has 0 heterocycles. The van der Waals surface area contributed by atoms with Crippen molar-refractivity contribution in [3.63, 3.8) is 0 Å². The molecule has 0 aliphatic heterocycles. The summed E-state index contributed by atoms with van der Waals surface area (Å²) in [5.41, 5.74) is 1.11. The molecule has 0 aromatic heterocycles. The van der Waals surface area contributed by atoms with Crippen LogP contribution in [0.25, 0.3) is 0 Å². The number of hydrogen-bond acceptors (Lipinski definition) is 3. The van der Waals surface area contributed by atoms with Crippen LogP contribution in [0.3, 0.4) is 0 Å². The predicted molar refractivity (Wildman–Crippen MR) is 81.7 cm³/mol. The van der Waals surface area contributed by atoms with Gasteiger partial charge in [-0.3, -0.25) is 0 Å². The zero-order valence-electron chi connectivity index (χ0n) is 13.3. The summed E-state index contributed by atoms with van der Waals surface area (Å²) >= 11 is 0. The van der Waals surface area contributed by atoms with Crippen molar-refractivity contribution in [2.24, 2.45) is 5.92 Å². The highest BCUT2D eigenvalue weighted by molar-refractivity contribution is 5.21. The second-order valence-corrected chi connectivity index (χ2v) is 5.98. The van der Waals surface area contributed by atoms with Crippen molar-refractivity contribution in [1.29, 1.82) is 0 Å². The Kier molecular flexibility index (Phi) is 5.73. The van der Waals surface area contributed by atoms with Crippen molar-refractivity contribution in [3.8, 4) is 0 Å². The molecule has 1 aliphatic carbocycles. The fourth-order valence-electron chi connectivity index (χ4n) is 3.01. The van der Waals surface area contributed by atoms with Gasteiger partial charge in [-0.2, -0.15) is 0 Å². The van der Waals surface area contributed by atoms with Crippen LogP contribution >= 0.6 is 0 Å². The van der Waals surface area contributed by atoms with E-state index in [0.717, 1.165) is 12.0 Å².